The van der Waals surface area contributed by atoms with Crippen LogP contribution in [0.4, 0.5) is 0 Å². The summed E-state index contributed by atoms with van der Waals surface area (Å²) in [7, 11) is 0. The second-order valence-electron chi connectivity index (χ2n) is 5.05. The standard InChI is InChI=1S/C17H18O5S/c1-12-3-6-14(7-4-12)23(21)10-2-9-22-13-5-8-16(18)15(11-13)17(19)20/h3-8,11,18H,2,9-10H2,1H3,(H,19,20). The number of aromatic carboxylic acids is 1. The molecule has 0 heterocycles. The molecule has 2 aromatic rings. The van der Waals surface area contributed by atoms with Crippen molar-refractivity contribution >= 4 is 17.1 Å². The average Bonchev–Trinajstić information content (AvgIpc) is 2.53. The van der Waals surface area contributed by atoms with Gasteiger partial charge < -0.3 is 19.5 Å². The molecule has 2 aromatic carbocycles. The Morgan fingerprint density at radius 2 is 1.91 bits per heavy atom. The Morgan fingerprint density at radius 3 is 2.57 bits per heavy atom. The number of phenols is 1. The molecule has 0 saturated heterocycles. The number of hydrogen-bond donors (Lipinski definition) is 2. The molecule has 0 aliphatic rings. The van der Waals surface area contributed by atoms with Crippen LogP contribution in [-0.4, -0.2) is 33.1 Å². The molecule has 6 heteroatoms. The van der Waals surface area contributed by atoms with E-state index in [0.29, 0.717) is 24.5 Å². The molecule has 0 aliphatic carbocycles. The first-order chi connectivity index (χ1) is 11.0. The van der Waals surface area contributed by atoms with Crippen LogP contribution >= 0.6 is 0 Å². The van der Waals surface area contributed by atoms with Crippen LogP contribution in [0.1, 0.15) is 22.3 Å². The number of hydrogen-bond acceptors (Lipinski definition) is 4. The van der Waals surface area contributed by atoms with Gasteiger partial charge in [-0.25, -0.2) is 4.79 Å². The van der Waals surface area contributed by atoms with Crippen LogP contribution in [0.25, 0.3) is 0 Å². The normalized spacial score (nSPS) is 11.9. The first kappa shape index (κ1) is 17.2. The lowest BCUT2D eigenvalue weighted by Crippen LogP contribution is -2.10. The lowest BCUT2D eigenvalue weighted by Gasteiger charge is -2.11. The highest BCUT2D eigenvalue weighted by atomic mass is 32.2. The van der Waals surface area contributed by atoms with Crippen LogP contribution in [0.5, 0.6) is 11.5 Å². The minimum absolute atomic E-state index is 0.203. The van der Waals surface area contributed by atoms with Crippen LogP contribution < -0.4 is 4.74 Å². The zero-order chi connectivity index (χ0) is 16.8. The number of carboxylic acid groups (broad SMARTS) is 1. The molecular formula is C17H18O5S. The van der Waals surface area contributed by atoms with Gasteiger partial charge in [-0.3, -0.25) is 0 Å². The zero-order valence-corrected chi connectivity index (χ0v) is 13.5. The highest BCUT2D eigenvalue weighted by Gasteiger charge is 2.12. The predicted molar refractivity (Wildman–Crippen MR) is 87.6 cm³/mol. The molecule has 122 valence electrons. The Kier molecular flexibility index (Phi) is 5.90. The van der Waals surface area contributed by atoms with E-state index in [2.05, 4.69) is 0 Å². The maximum Gasteiger partial charge on any atom is 0.339 e. The number of carbonyl (C=O) groups is 1. The maximum absolute atomic E-state index is 12.1. The van der Waals surface area contributed by atoms with Gasteiger partial charge in [0.1, 0.15) is 22.8 Å². The summed E-state index contributed by atoms with van der Waals surface area (Å²) < 4.78 is 17.5. The molecule has 5 nitrogen and oxygen atoms in total. The summed E-state index contributed by atoms with van der Waals surface area (Å²) in [6.07, 6.45) is 0.573. The summed E-state index contributed by atoms with van der Waals surface area (Å²) in [6, 6.07) is 11.6. The smallest absolute Gasteiger partial charge is 0.339 e. The molecule has 0 saturated carbocycles. The van der Waals surface area contributed by atoms with E-state index in [0.717, 1.165) is 10.5 Å². The topological polar surface area (TPSA) is 89.8 Å². The van der Waals surface area contributed by atoms with Crippen molar-refractivity contribution in [3.63, 3.8) is 0 Å². The van der Waals surface area contributed by atoms with Gasteiger partial charge in [0.2, 0.25) is 0 Å². The van der Waals surface area contributed by atoms with Crippen LogP contribution in [0, 0.1) is 6.92 Å². The van der Waals surface area contributed by atoms with Crippen molar-refractivity contribution < 1.29 is 24.3 Å². The second-order valence-corrected chi connectivity index (χ2v) is 6.62. The van der Waals surface area contributed by atoms with Gasteiger partial charge in [0.05, 0.1) is 6.61 Å². The van der Waals surface area contributed by atoms with E-state index in [-0.39, 0.29) is 11.3 Å². The number of rotatable bonds is 7. The summed E-state index contributed by atoms with van der Waals surface area (Å²) >= 11 is -1.08. The second kappa shape index (κ2) is 7.89. The van der Waals surface area contributed by atoms with Gasteiger partial charge in [0.25, 0.3) is 0 Å². The molecule has 0 amide bonds. The number of aryl methyl sites for hydroxylation is 1. The third-order valence-corrected chi connectivity index (χ3v) is 4.68. The SMILES string of the molecule is Cc1ccc([S+]([O-])CCCOc2ccc(O)c(C(=O)O)c2)cc1. The molecule has 0 radical (unpaired) electrons. The summed E-state index contributed by atoms with van der Waals surface area (Å²) in [5.74, 6) is -0.688. The van der Waals surface area contributed by atoms with Crippen LogP contribution in [-0.2, 0) is 11.2 Å². The molecular weight excluding hydrogens is 316 g/mol. The van der Waals surface area contributed by atoms with Gasteiger partial charge in [0.15, 0.2) is 4.90 Å². The van der Waals surface area contributed by atoms with E-state index >= 15 is 0 Å². The van der Waals surface area contributed by atoms with Gasteiger partial charge in [0, 0.05) is 6.42 Å². The largest absolute Gasteiger partial charge is 0.611 e. The van der Waals surface area contributed by atoms with Crippen molar-refractivity contribution in [3.05, 3.63) is 53.6 Å². The number of ether oxygens (including phenoxy) is 1. The van der Waals surface area contributed by atoms with Crippen molar-refractivity contribution in [1.82, 2.24) is 0 Å². The monoisotopic (exact) mass is 334 g/mol. The number of aromatic hydroxyl groups is 1. The summed E-state index contributed by atoms with van der Waals surface area (Å²) in [6.45, 7) is 2.30. The Morgan fingerprint density at radius 1 is 1.22 bits per heavy atom. The van der Waals surface area contributed by atoms with Gasteiger partial charge in [-0.15, -0.1) is 0 Å². The van der Waals surface area contributed by atoms with Crippen LogP contribution in [0.3, 0.4) is 0 Å². The molecule has 2 N–H and O–H groups in total. The van der Waals surface area contributed by atoms with Crippen LogP contribution in [0.2, 0.25) is 0 Å². The molecule has 23 heavy (non-hydrogen) atoms. The fourth-order valence-electron chi connectivity index (χ4n) is 1.96. The van der Waals surface area contributed by atoms with Crippen molar-refractivity contribution in [2.45, 2.75) is 18.2 Å². The number of carboxylic acids is 1. The van der Waals surface area contributed by atoms with Crippen molar-refractivity contribution in [1.29, 1.82) is 0 Å². The zero-order valence-electron chi connectivity index (χ0n) is 12.7. The molecule has 0 aliphatic heterocycles. The molecule has 0 aromatic heterocycles. The highest BCUT2D eigenvalue weighted by molar-refractivity contribution is 7.91. The third kappa shape index (κ3) is 4.91. The fraction of sp³-hybridized carbons (Fsp3) is 0.235. The van der Waals surface area contributed by atoms with Crippen molar-refractivity contribution in [3.8, 4) is 11.5 Å². The first-order valence-electron chi connectivity index (χ1n) is 7.11. The van der Waals surface area contributed by atoms with E-state index in [1.165, 1.54) is 18.2 Å². The molecule has 2 rings (SSSR count). The Labute approximate surface area is 137 Å². The summed E-state index contributed by atoms with van der Waals surface area (Å²) in [5, 5.41) is 18.3. The lowest BCUT2D eigenvalue weighted by atomic mass is 10.2. The first-order valence-corrected chi connectivity index (χ1v) is 8.43. The fourth-order valence-corrected chi connectivity index (χ4v) is 3.02. The highest BCUT2D eigenvalue weighted by Crippen LogP contribution is 2.23. The number of benzene rings is 2. The average molecular weight is 334 g/mol. The predicted octanol–water partition coefficient (Wildman–Crippen LogP) is 2.98. The Balaban J connectivity index is 1.82. The van der Waals surface area contributed by atoms with Gasteiger partial charge >= 0.3 is 5.97 Å². The van der Waals surface area contributed by atoms with Crippen molar-refractivity contribution in [2.75, 3.05) is 12.4 Å². The minimum atomic E-state index is -1.21. The van der Waals surface area contributed by atoms with Crippen molar-refractivity contribution in [2.24, 2.45) is 0 Å². The van der Waals surface area contributed by atoms with E-state index in [9.17, 15) is 14.5 Å². The van der Waals surface area contributed by atoms with E-state index in [1.54, 1.807) is 0 Å². The molecule has 0 spiro atoms. The van der Waals surface area contributed by atoms with Gasteiger partial charge in [-0.05, 0) is 48.4 Å². The van der Waals surface area contributed by atoms with E-state index in [1.807, 2.05) is 31.2 Å². The quantitative estimate of drug-likeness (QED) is 0.600. The summed E-state index contributed by atoms with van der Waals surface area (Å²) in [4.78, 5) is 11.7. The Bertz CT molecular complexity index is 669. The molecule has 1 atom stereocenters. The minimum Gasteiger partial charge on any atom is -0.611 e. The summed E-state index contributed by atoms with van der Waals surface area (Å²) in [5.41, 5.74) is 0.918. The van der Waals surface area contributed by atoms with Gasteiger partial charge in [-0.2, -0.15) is 0 Å². The van der Waals surface area contributed by atoms with E-state index in [4.69, 9.17) is 9.84 Å². The van der Waals surface area contributed by atoms with Gasteiger partial charge in [-0.1, -0.05) is 17.7 Å². The lowest BCUT2D eigenvalue weighted by molar-refractivity contribution is 0.0693. The molecule has 1 unspecified atom stereocenters. The third-order valence-electron chi connectivity index (χ3n) is 3.23. The molecule has 0 fully saturated rings. The van der Waals surface area contributed by atoms with E-state index < -0.39 is 17.1 Å². The molecule has 0 bridgehead atoms. The Hall–Kier alpha value is -2.18. The van der Waals surface area contributed by atoms with Crippen LogP contribution in [0.15, 0.2) is 47.4 Å². The maximum atomic E-state index is 12.1.